The SMILES string of the molecule is COc1ccccc1OCC(C)CN=C(N)NC1CCCCC1. The van der Waals surface area contributed by atoms with E-state index in [4.69, 9.17) is 15.2 Å². The van der Waals surface area contributed by atoms with Crippen molar-refractivity contribution in [3.05, 3.63) is 24.3 Å². The van der Waals surface area contributed by atoms with E-state index in [9.17, 15) is 0 Å². The molecule has 1 aromatic carbocycles. The highest BCUT2D eigenvalue weighted by Crippen LogP contribution is 2.26. The molecule has 1 aliphatic carbocycles. The first kappa shape index (κ1) is 17.4. The Morgan fingerprint density at radius 1 is 1.26 bits per heavy atom. The molecule has 128 valence electrons. The van der Waals surface area contributed by atoms with Gasteiger partial charge in [-0.2, -0.15) is 0 Å². The number of nitrogens with two attached hydrogens (primary N) is 1. The maximum Gasteiger partial charge on any atom is 0.188 e. The normalized spacial score (nSPS) is 17.6. The van der Waals surface area contributed by atoms with Crippen molar-refractivity contribution in [1.29, 1.82) is 0 Å². The lowest BCUT2D eigenvalue weighted by molar-refractivity contribution is 0.251. The van der Waals surface area contributed by atoms with Crippen LogP contribution in [0.2, 0.25) is 0 Å². The number of guanidine groups is 1. The maximum absolute atomic E-state index is 5.98. The Morgan fingerprint density at radius 3 is 2.65 bits per heavy atom. The van der Waals surface area contributed by atoms with Gasteiger partial charge in [-0.05, 0) is 25.0 Å². The summed E-state index contributed by atoms with van der Waals surface area (Å²) in [5, 5.41) is 3.33. The van der Waals surface area contributed by atoms with Crippen LogP contribution in [0.3, 0.4) is 0 Å². The maximum atomic E-state index is 5.98. The van der Waals surface area contributed by atoms with Gasteiger partial charge in [-0.3, -0.25) is 4.99 Å². The van der Waals surface area contributed by atoms with Gasteiger partial charge in [-0.1, -0.05) is 38.3 Å². The lowest BCUT2D eigenvalue weighted by Gasteiger charge is -2.23. The summed E-state index contributed by atoms with van der Waals surface area (Å²) in [6, 6.07) is 8.16. The molecule has 0 radical (unpaired) electrons. The zero-order valence-electron chi connectivity index (χ0n) is 14.3. The summed E-state index contributed by atoms with van der Waals surface area (Å²) in [5.74, 6) is 2.36. The average Bonchev–Trinajstić information content (AvgIpc) is 2.59. The first-order valence-corrected chi connectivity index (χ1v) is 8.51. The van der Waals surface area contributed by atoms with Crippen LogP contribution in [0, 0.1) is 5.92 Å². The van der Waals surface area contributed by atoms with E-state index in [-0.39, 0.29) is 5.92 Å². The van der Waals surface area contributed by atoms with E-state index in [2.05, 4.69) is 17.2 Å². The molecule has 5 heteroatoms. The number of aliphatic imine (C=N–C) groups is 1. The number of hydrogen-bond donors (Lipinski definition) is 2. The minimum Gasteiger partial charge on any atom is -0.493 e. The fraction of sp³-hybridized carbons (Fsp3) is 0.611. The molecule has 1 unspecified atom stereocenters. The Labute approximate surface area is 139 Å². The first-order chi connectivity index (χ1) is 11.2. The average molecular weight is 319 g/mol. The van der Waals surface area contributed by atoms with Crippen molar-refractivity contribution >= 4 is 5.96 Å². The van der Waals surface area contributed by atoms with Gasteiger partial charge in [0.2, 0.25) is 0 Å². The molecule has 1 saturated carbocycles. The van der Waals surface area contributed by atoms with Gasteiger partial charge in [-0.25, -0.2) is 0 Å². The lowest BCUT2D eigenvalue weighted by Crippen LogP contribution is -2.41. The zero-order chi connectivity index (χ0) is 16.5. The van der Waals surface area contributed by atoms with E-state index >= 15 is 0 Å². The second-order valence-electron chi connectivity index (χ2n) is 6.27. The third kappa shape index (κ3) is 6.00. The second-order valence-corrected chi connectivity index (χ2v) is 6.27. The van der Waals surface area contributed by atoms with Gasteiger partial charge in [0.1, 0.15) is 0 Å². The van der Waals surface area contributed by atoms with Gasteiger partial charge in [0.15, 0.2) is 17.5 Å². The number of benzene rings is 1. The third-order valence-corrected chi connectivity index (χ3v) is 4.12. The van der Waals surface area contributed by atoms with Gasteiger partial charge in [0.05, 0.1) is 13.7 Å². The minimum atomic E-state index is 0.284. The summed E-state index contributed by atoms with van der Waals surface area (Å²) in [5.41, 5.74) is 5.98. The Kier molecular flexibility index (Phi) is 7.04. The van der Waals surface area contributed by atoms with Crippen molar-refractivity contribution in [3.8, 4) is 11.5 Å². The van der Waals surface area contributed by atoms with Gasteiger partial charge < -0.3 is 20.5 Å². The molecule has 0 aromatic heterocycles. The lowest BCUT2D eigenvalue weighted by atomic mass is 9.96. The van der Waals surface area contributed by atoms with Gasteiger partial charge in [0, 0.05) is 18.5 Å². The van der Waals surface area contributed by atoms with Crippen LogP contribution < -0.4 is 20.5 Å². The number of para-hydroxylation sites is 2. The van der Waals surface area contributed by atoms with Crippen molar-refractivity contribution in [2.24, 2.45) is 16.6 Å². The van der Waals surface area contributed by atoms with Crippen LogP contribution in [0.4, 0.5) is 0 Å². The summed E-state index contributed by atoms with van der Waals surface area (Å²) in [6.45, 7) is 3.34. The molecule has 2 rings (SSSR count). The monoisotopic (exact) mass is 319 g/mol. The molecule has 3 N–H and O–H groups in total. The second kappa shape index (κ2) is 9.28. The predicted molar refractivity (Wildman–Crippen MR) is 94.2 cm³/mol. The molecule has 5 nitrogen and oxygen atoms in total. The minimum absolute atomic E-state index is 0.284. The summed E-state index contributed by atoms with van der Waals surface area (Å²) in [7, 11) is 1.65. The molecule has 0 amide bonds. The summed E-state index contributed by atoms with van der Waals surface area (Å²) in [6.07, 6.45) is 6.31. The number of nitrogens with zero attached hydrogens (tertiary/aromatic N) is 1. The highest BCUT2D eigenvalue weighted by Gasteiger charge is 2.13. The topological polar surface area (TPSA) is 68.9 Å². The van der Waals surface area contributed by atoms with Crippen molar-refractivity contribution in [1.82, 2.24) is 5.32 Å². The van der Waals surface area contributed by atoms with E-state index < -0.39 is 0 Å². The Bertz CT molecular complexity index is 499. The summed E-state index contributed by atoms with van der Waals surface area (Å²) >= 11 is 0. The Morgan fingerprint density at radius 2 is 1.96 bits per heavy atom. The molecule has 0 spiro atoms. The van der Waals surface area contributed by atoms with Crippen LogP contribution >= 0.6 is 0 Å². The van der Waals surface area contributed by atoms with Crippen molar-refractivity contribution < 1.29 is 9.47 Å². The fourth-order valence-electron chi connectivity index (χ4n) is 2.78. The smallest absolute Gasteiger partial charge is 0.188 e. The fourth-order valence-corrected chi connectivity index (χ4v) is 2.78. The zero-order valence-corrected chi connectivity index (χ0v) is 14.3. The Hall–Kier alpha value is -1.91. The molecule has 1 atom stereocenters. The molecular formula is C18H29N3O2. The van der Waals surface area contributed by atoms with Crippen LogP contribution in [0.25, 0.3) is 0 Å². The molecule has 1 aliphatic rings. The van der Waals surface area contributed by atoms with Crippen LogP contribution in [-0.4, -0.2) is 32.3 Å². The summed E-state index contributed by atoms with van der Waals surface area (Å²) < 4.78 is 11.1. The molecule has 0 heterocycles. The number of nitrogens with one attached hydrogen (secondary N) is 1. The Balaban J connectivity index is 1.73. The van der Waals surface area contributed by atoms with Crippen molar-refractivity contribution in [3.63, 3.8) is 0 Å². The van der Waals surface area contributed by atoms with Crippen LogP contribution in [0.1, 0.15) is 39.0 Å². The number of ether oxygens (including phenoxy) is 2. The predicted octanol–water partition coefficient (Wildman–Crippen LogP) is 2.95. The number of methoxy groups -OCH3 is 1. The van der Waals surface area contributed by atoms with Gasteiger partial charge in [0.25, 0.3) is 0 Å². The van der Waals surface area contributed by atoms with E-state index in [0.29, 0.717) is 25.2 Å². The third-order valence-electron chi connectivity index (χ3n) is 4.12. The van der Waals surface area contributed by atoms with Gasteiger partial charge in [-0.15, -0.1) is 0 Å². The van der Waals surface area contributed by atoms with Crippen molar-refractivity contribution in [2.75, 3.05) is 20.3 Å². The highest BCUT2D eigenvalue weighted by molar-refractivity contribution is 5.78. The van der Waals surface area contributed by atoms with E-state index in [1.165, 1.54) is 32.1 Å². The van der Waals surface area contributed by atoms with Crippen molar-refractivity contribution in [2.45, 2.75) is 45.1 Å². The van der Waals surface area contributed by atoms with E-state index in [1.807, 2.05) is 24.3 Å². The standard InChI is InChI=1S/C18H29N3O2/c1-14(13-23-17-11-7-6-10-16(17)22-2)12-20-18(19)21-15-8-4-3-5-9-15/h6-7,10-11,14-15H,3-5,8-9,12-13H2,1-2H3,(H3,19,20,21). The van der Waals surface area contributed by atoms with Crippen LogP contribution in [0.15, 0.2) is 29.3 Å². The molecule has 23 heavy (non-hydrogen) atoms. The highest BCUT2D eigenvalue weighted by atomic mass is 16.5. The molecule has 0 bridgehead atoms. The number of rotatable bonds is 7. The molecule has 0 saturated heterocycles. The first-order valence-electron chi connectivity index (χ1n) is 8.51. The van der Waals surface area contributed by atoms with Crippen LogP contribution in [-0.2, 0) is 0 Å². The van der Waals surface area contributed by atoms with Crippen LogP contribution in [0.5, 0.6) is 11.5 Å². The number of hydrogen-bond acceptors (Lipinski definition) is 3. The quantitative estimate of drug-likeness (QED) is 0.599. The van der Waals surface area contributed by atoms with E-state index in [1.54, 1.807) is 7.11 Å². The molecule has 1 aromatic rings. The largest absolute Gasteiger partial charge is 0.493 e. The van der Waals surface area contributed by atoms with Gasteiger partial charge >= 0.3 is 0 Å². The molecule has 1 fully saturated rings. The molecular weight excluding hydrogens is 290 g/mol. The summed E-state index contributed by atoms with van der Waals surface area (Å²) in [4.78, 5) is 4.45. The molecule has 0 aliphatic heterocycles. The van der Waals surface area contributed by atoms with E-state index in [0.717, 1.165) is 11.5 Å².